The van der Waals surface area contributed by atoms with Gasteiger partial charge in [0.2, 0.25) is 0 Å². The Morgan fingerprint density at radius 1 is 1.43 bits per heavy atom. The highest BCUT2D eigenvalue weighted by Crippen LogP contribution is 2.39. The average Bonchev–Trinajstić information content (AvgIpc) is 2.55. The van der Waals surface area contributed by atoms with Crippen LogP contribution in [0.1, 0.15) is 13.8 Å². The van der Waals surface area contributed by atoms with Gasteiger partial charge in [0.15, 0.2) is 0 Å². The quantitative estimate of drug-likeness (QED) is 0.674. The van der Waals surface area contributed by atoms with Crippen molar-refractivity contribution in [2.75, 3.05) is 16.2 Å². The summed E-state index contributed by atoms with van der Waals surface area (Å²) in [5.74, 6) is 0. The van der Waals surface area contributed by atoms with E-state index in [4.69, 9.17) is 5.73 Å². The topological polar surface area (TPSA) is 53.3 Å². The summed E-state index contributed by atoms with van der Waals surface area (Å²) < 4.78 is 0.908. The molecule has 1 aromatic rings. The number of fused-ring (bicyclic) bond motifs is 1. The van der Waals surface area contributed by atoms with E-state index in [0.717, 1.165) is 21.5 Å². The van der Waals surface area contributed by atoms with Gasteiger partial charge in [-0.05, 0) is 41.9 Å². The number of nitrogens with one attached hydrogen (secondary N) is 2. The Morgan fingerprint density at radius 2 is 2.14 bits per heavy atom. The number of anilines is 3. The van der Waals surface area contributed by atoms with Crippen molar-refractivity contribution in [2.45, 2.75) is 19.9 Å². The Labute approximate surface area is 91.5 Å². The third-order valence-electron chi connectivity index (χ3n) is 2.23. The van der Waals surface area contributed by atoms with E-state index in [0.29, 0.717) is 6.04 Å². The first-order chi connectivity index (χ1) is 6.61. The number of hydrogen-bond donors (Lipinski definition) is 3. The second-order valence-corrected chi connectivity index (χ2v) is 4.36. The second kappa shape index (κ2) is 3.33. The minimum atomic E-state index is 0.388. The van der Waals surface area contributed by atoms with E-state index in [1.54, 1.807) is 0 Å². The van der Waals surface area contributed by atoms with Crippen molar-refractivity contribution < 1.29 is 0 Å². The van der Waals surface area contributed by atoms with Crippen molar-refractivity contribution in [3.63, 3.8) is 0 Å². The Hall–Kier alpha value is -0.940. The van der Waals surface area contributed by atoms with Gasteiger partial charge in [-0.15, -0.1) is 5.53 Å². The van der Waals surface area contributed by atoms with Gasteiger partial charge in [0.1, 0.15) is 0 Å². The Kier molecular flexibility index (Phi) is 2.28. The van der Waals surface area contributed by atoms with Crippen LogP contribution in [-0.4, -0.2) is 6.04 Å². The highest BCUT2D eigenvalue weighted by molar-refractivity contribution is 9.10. The molecule has 0 unspecified atom stereocenters. The molecule has 1 aliphatic heterocycles. The molecule has 14 heavy (non-hydrogen) atoms. The summed E-state index contributed by atoms with van der Waals surface area (Å²) >= 11 is 3.45. The zero-order chi connectivity index (χ0) is 10.3. The zero-order valence-electron chi connectivity index (χ0n) is 8.13. The molecule has 0 saturated carbocycles. The molecule has 4 N–H and O–H groups in total. The van der Waals surface area contributed by atoms with Crippen LogP contribution in [0.15, 0.2) is 16.6 Å². The predicted molar refractivity (Wildman–Crippen MR) is 62.9 cm³/mol. The molecule has 5 heteroatoms. The lowest BCUT2D eigenvalue weighted by atomic mass is 10.2. The molecule has 0 aromatic heterocycles. The van der Waals surface area contributed by atoms with Crippen molar-refractivity contribution in [1.82, 2.24) is 5.53 Å². The number of hydrazine groups is 2. The molecule has 0 fully saturated rings. The van der Waals surface area contributed by atoms with Crippen LogP contribution < -0.4 is 21.7 Å². The van der Waals surface area contributed by atoms with Gasteiger partial charge < -0.3 is 11.2 Å². The molecule has 1 aliphatic rings. The molecule has 4 nitrogen and oxygen atoms in total. The van der Waals surface area contributed by atoms with Crippen LogP contribution in [0.4, 0.5) is 17.1 Å². The van der Waals surface area contributed by atoms with Gasteiger partial charge in [0.25, 0.3) is 0 Å². The first-order valence-corrected chi connectivity index (χ1v) is 5.29. The maximum atomic E-state index is 5.78. The lowest BCUT2D eigenvalue weighted by Crippen LogP contribution is -2.41. The van der Waals surface area contributed by atoms with Crippen molar-refractivity contribution in [3.05, 3.63) is 16.6 Å². The van der Waals surface area contributed by atoms with Crippen molar-refractivity contribution in [1.29, 1.82) is 0 Å². The van der Waals surface area contributed by atoms with E-state index in [9.17, 15) is 0 Å². The summed E-state index contributed by atoms with van der Waals surface area (Å²) in [6.07, 6.45) is 0. The maximum absolute atomic E-state index is 5.78. The van der Waals surface area contributed by atoms with Crippen LogP contribution in [0.2, 0.25) is 0 Å². The fourth-order valence-corrected chi connectivity index (χ4v) is 1.92. The van der Waals surface area contributed by atoms with Gasteiger partial charge in [0, 0.05) is 11.7 Å². The molecule has 0 amide bonds. The zero-order valence-corrected chi connectivity index (χ0v) is 9.72. The van der Waals surface area contributed by atoms with Gasteiger partial charge in [0.05, 0.1) is 15.8 Å². The van der Waals surface area contributed by atoms with Gasteiger partial charge in [-0.25, -0.2) is 0 Å². The minimum absolute atomic E-state index is 0.388. The fourth-order valence-electron chi connectivity index (χ4n) is 1.49. The highest BCUT2D eigenvalue weighted by atomic mass is 79.9. The molecule has 76 valence electrons. The molecule has 1 aromatic carbocycles. The maximum Gasteiger partial charge on any atom is 0.0916 e. The molecule has 0 spiro atoms. The molecule has 0 bridgehead atoms. The number of hydrogen-bond acceptors (Lipinski definition) is 4. The lowest BCUT2D eigenvalue weighted by molar-refractivity contribution is 0.633. The van der Waals surface area contributed by atoms with Crippen molar-refractivity contribution in [3.8, 4) is 0 Å². The summed E-state index contributed by atoms with van der Waals surface area (Å²) in [5, 5.41) is 2.06. The smallest absolute Gasteiger partial charge is 0.0916 e. The molecule has 0 saturated heterocycles. The number of nitrogens with zero attached hydrogens (tertiary/aromatic N) is 1. The largest absolute Gasteiger partial charge is 0.398 e. The van der Waals surface area contributed by atoms with Crippen LogP contribution in [-0.2, 0) is 0 Å². The minimum Gasteiger partial charge on any atom is -0.398 e. The summed E-state index contributed by atoms with van der Waals surface area (Å²) in [6.45, 7) is 4.24. The summed E-state index contributed by atoms with van der Waals surface area (Å²) in [7, 11) is 0. The average molecular weight is 257 g/mol. The number of nitrogen functional groups attached to an aromatic ring is 1. The van der Waals surface area contributed by atoms with E-state index in [2.05, 4.69) is 45.7 Å². The monoisotopic (exact) mass is 256 g/mol. The van der Waals surface area contributed by atoms with Crippen LogP contribution in [0, 0.1) is 0 Å². The van der Waals surface area contributed by atoms with E-state index in [1.165, 1.54) is 0 Å². The number of rotatable bonds is 1. The van der Waals surface area contributed by atoms with E-state index < -0.39 is 0 Å². The molecule has 0 aliphatic carbocycles. The van der Waals surface area contributed by atoms with Crippen LogP contribution in [0.25, 0.3) is 0 Å². The number of benzene rings is 1. The summed E-state index contributed by atoms with van der Waals surface area (Å²) in [5.41, 5.74) is 14.8. The van der Waals surface area contributed by atoms with E-state index in [-0.39, 0.29) is 0 Å². The fraction of sp³-hybridized carbons (Fsp3) is 0.333. The SMILES string of the molecule is CC(C)N1NNc2c1ccc(N)c2Br. The van der Waals surface area contributed by atoms with Crippen LogP contribution in [0.3, 0.4) is 0 Å². The van der Waals surface area contributed by atoms with Crippen molar-refractivity contribution >= 4 is 33.0 Å². The number of halogens is 1. The highest BCUT2D eigenvalue weighted by Gasteiger charge is 2.23. The lowest BCUT2D eigenvalue weighted by Gasteiger charge is -2.22. The molecular formula is C9H13BrN4. The third-order valence-corrected chi connectivity index (χ3v) is 3.08. The van der Waals surface area contributed by atoms with Gasteiger partial charge in [-0.1, -0.05) is 0 Å². The van der Waals surface area contributed by atoms with Gasteiger partial charge in [-0.3, -0.25) is 5.01 Å². The summed E-state index contributed by atoms with van der Waals surface area (Å²) in [4.78, 5) is 0. The first-order valence-electron chi connectivity index (χ1n) is 4.50. The molecule has 1 heterocycles. The second-order valence-electron chi connectivity index (χ2n) is 3.56. The van der Waals surface area contributed by atoms with Crippen molar-refractivity contribution in [2.24, 2.45) is 0 Å². The Morgan fingerprint density at radius 3 is 2.79 bits per heavy atom. The number of nitrogens with two attached hydrogens (primary N) is 1. The van der Waals surface area contributed by atoms with Crippen LogP contribution in [0.5, 0.6) is 0 Å². The van der Waals surface area contributed by atoms with Gasteiger partial charge in [-0.2, -0.15) is 0 Å². The normalized spacial score (nSPS) is 14.4. The summed E-state index contributed by atoms with van der Waals surface area (Å²) in [6, 6.07) is 4.29. The predicted octanol–water partition coefficient (Wildman–Crippen LogP) is 2.09. The van der Waals surface area contributed by atoms with Gasteiger partial charge >= 0.3 is 0 Å². The molecule has 0 atom stereocenters. The Bertz CT molecular complexity index is 364. The molecule has 2 rings (SSSR count). The third kappa shape index (κ3) is 1.33. The standard InChI is InChI=1S/C9H13BrN4/c1-5(2)14-7-4-3-6(11)8(10)9(7)12-13-14/h3-5,12-13H,11H2,1-2H3. The molecule has 0 radical (unpaired) electrons. The van der Waals surface area contributed by atoms with E-state index in [1.807, 2.05) is 12.1 Å². The van der Waals surface area contributed by atoms with E-state index >= 15 is 0 Å². The Balaban J connectivity index is 2.48. The van der Waals surface area contributed by atoms with Crippen LogP contribution >= 0.6 is 15.9 Å². The first kappa shape index (κ1) is 9.61. The molecular weight excluding hydrogens is 244 g/mol.